The highest BCUT2D eigenvalue weighted by Crippen LogP contribution is 2.23. The molecule has 0 fully saturated rings. The number of hydrogen-bond acceptors (Lipinski definition) is 4. The predicted octanol–water partition coefficient (Wildman–Crippen LogP) is 3.37. The minimum Gasteiger partial charge on any atom is -0.435 e. The van der Waals surface area contributed by atoms with Crippen LogP contribution < -0.4 is 20.7 Å². The number of para-hydroxylation sites is 1. The van der Waals surface area contributed by atoms with Crippen LogP contribution in [0.2, 0.25) is 0 Å². The van der Waals surface area contributed by atoms with Crippen LogP contribution in [0.15, 0.2) is 48.5 Å². The number of carbonyl (C=O) groups is 1. The average molecular weight is 349 g/mol. The van der Waals surface area contributed by atoms with Gasteiger partial charge in [0.2, 0.25) is 0 Å². The zero-order valence-electron chi connectivity index (χ0n) is 14.1. The summed E-state index contributed by atoms with van der Waals surface area (Å²) in [5.74, 6) is -0.115. The van der Waals surface area contributed by atoms with Crippen molar-refractivity contribution in [1.82, 2.24) is 10.6 Å². The number of carbonyl (C=O) groups excluding carboxylic acids is 1. The summed E-state index contributed by atoms with van der Waals surface area (Å²) >= 11 is 0. The van der Waals surface area contributed by atoms with Crippen LogP contribution in [0.5, 0.6) is 5.75 Å². The Bertz CT molecular complexity index is 693. The van der Waals surface area contributed by atoms with E-state index in [0.29, 0.717) is 23.5 Å². The first kappa shape index (κ1) is 18.7. The molecule has 5 nitrogen and oxygen atoms in total. The summed E-state index contributed by atoms with van der Waals surface area (Å²) in [6, 6.07) is 13.3. The van der Waals surface area contributed by atoms with Gasteiger partial charge in [-0.3, -0.25) is 4.79 Å². The SMILES string of the molecule is CNC(C)CNC(=O)c1ccccc1Nc1ccc(OC(F)F)cc1. The number of nitrogens with one attached hydrogen (secondary N) is 3. The van der Waals surface area contributed by atoms with Crippen molar-refractivity contribution in [1.29, 1.82) is 0 Å². The van der Waals surface area contributed by atoms with Crippen LogP contribution in [0.25, 0.3) is 0 Å². The van der Waals surface area contributed by atoms with E-state index in [4.69, 9.17) is 0 Å². The maximum Gasteiger partial charge on any atom is 0.387 e. The monoisotopic (exact) mass is 349 g/mol. The largest absolute Gasteiger partial charge is 0.435 e. The van der Waals surface area contributed by atoms with Gasteiger partial charge in [0.05, 0.1) is 11.3 Å². The van der Waals surface area contributed by atoms with E-state index in [1.807, 2.05) is 20.0 Å². The van der Waals surface area contributed by atoms with Gasteiger partial charge in [-0.2, -0.15) is 8.78 Å². The highest BCUT2D eigenvalue weighted by Gasteiger charge is 2.12. The number of benzene rings is 2. The van der Waals surface area contributed by atoms with E-state index in [0.717, 1.165) is 0 Å². The van der Waals surface area contributed by atoms with Crippen LogP contribution in [-0.4, -0.2) is 32.2 Å². The van der Waals surface area contributed by atoms with E-state index >= 15 is 0 Å². The highest BCUT2D eigenvalue weighted by atomic mass is 19.3. The maximum absolute atomic E-state index is 12.4. The van der Waals surface area contributed by atoms with E-state index in [1.54, 1.807) is 30.3 Å². The Balaban J connectivity index is 2.08. The molecular weight excluding hydrogens is 328 g/mol. The minimum absolute atomic E-state index is 0.0765. The molecule has 0 saturated heterocycles. The molecule has 0 radical (unpaired) electrons. The summed E-state index contributed by atoms with van der Waals surface area (Å²) in [7, 11) is 1.83. The summed E-state index contributed by atoms with van der Waals surface area (Å²) in [5.41, 5.74) is 1.78. The Morgan fingerprint density at radius 1 is 1.12 bits per heavy atom. The third-order valence-corrected chi connectivity index (χ3v) is 3.59. The predicted molar refractivity (Wildman–Crippen MR) is 93.7 cm³/mol. The Labute approximate surface area is 145 Å². The molecule has 7 heteroatoms. The van der Waals surface area contributed by atoms with Crippen molar-refractivity contribution >= 4 is 17.3 Å². The lowest BCUT2D eigenvalue weighted by Gasteiger charge is -2.15. The molecule has 0 aliphatic rings. The van der Waals surface area contributed by atoms with Crippen molar-refractivity contribution in [2.45, 2.75) is 19.6 Å². The smallest absolute Gasteiger partial charge is 0.387 e. The number of rotatable bonds is 8. The van der Waals surface area contributed by atoms with E-state index in [2.05, 4.69) is 20.7 Å². The quantitative estimate of drug-likeness (QED) is 0.684. The molecule has 3 N–H and O–H groups in total. The fraction of sp³-hybridized carbons (Fsp3) is 0.278. The normalized spacial score (nSPS) is 11.9. The summed E-state index contributed by atoms with van der Waals surface area (Å²) in [4.78, 5) is 12.4. The van der Waals surface area contributed by atoms with Gasteiger partial charge >= 0.3 is 6.61 Å². The first-order valence-corrected chi connectivity index (χ1v) is 7.86. The van der Waals surface area contributed by atoms with Crippen LogP contribution in [0.1, 0.15) is 17.3 Å². The lowest BCUT2D eigenvalue weighted by atomic mass is 10.1. The standard InChI is InChI=1S/C18H21F2N3O2/c1-12(21-2)11-22-17(24)15-5-3-4-6-16(15)23-13-7-9-14(10-8-13)25-18(19)20/h3-10,12,18,21,23H,11H2,1-2H3,(H,22,24). The van der Waals surface area contributed by atoms with E-state index in [9.17, 15) is 13.6 Å². The fourth-order valence-corrected chi connectivity index (χ4v) is 2.11. The molecule has 0 spiro atoms. The Morgan fingerprint density at radius 2 is 1.80 bits per heavy atom. The summed E-state index contributed by atoms with van der Waals surface area (Å²) in [5, 5.41) is 9.03. The van der Waals surface area contributed by atoms with Crippen LogP contribution in [0.3, 0.4) is 0 Å². The molecule has 1 amide bonds. The van der Waals surface area contributed by atoms with Crippen LogP contribution in [0.4, 0.5) is 20.2 Å². The molecule has 0 aromatic heterocycles. The number of ether oxygens (including phenoxy) is 1. The van der Waals surface area contributed by atoms with Crippen LogP contribution in [-0.2, 0) is 0 Å². The third kappa shape index (κ3) is 5.72. The number of anilines is 2. The topological polar surface area (TPSA) is 62.4 Å². The fourth-order valence-electron chi connectivity index (χ4n) is 2.11. The lowest BCUT2D eigenvalue weighted by Crippen LogP contribution is -2.37. The summed E-state index contributed by atoms with van der Waals surface area (Å²) in [6.07, 6.45) is 0. The molecule has 0 aliphatic carbocycles. The van der Waals surface area contributed by atoms with Gasteiger partial charge in [0.15, 0.2) is 0 Å². The summed E-state index contributed by atoms with van der Waals surface area (Å²) in [6.45, 7) is -0.389. The van der Waals surface area contributed by atoms with Gasteiger partial charge in [-0.05, 0) is 50.4 Å². The Hall–Kier alpha value is -2.67. The zero-order valence-corrected chi connectivity index (χ0v) is 14.1. The Kier molecular flexibility index (Phi) is 6.71. The van der Waals surface area contributed by atoms with Gasteiger partial charge in [0.1, 0.15) is 5.75 Å². The molecule has 1 atom stereocenters. The molecule has 0 heterocycles. The van der Waals surface area contributed by atoms with E-state index in [-0.39, 0.29) is 17.7 Å². The van der Waals surface area contributed by atoms with Crippen molar-refractivity contribution in [3.63, 3.8) is 0 Å². The molecule has 0 aliphatic heterocycles. The van der Waals surface area contributed by atoms with Crippen LogP contribution >= 0.6 is 0 Å². The second-order valence-corrected chi connectivity index (χ2v) is 5.47. The van der Waals surface area contributed by atoms with Crippen molar-refractivity contribution in [3.8, 4) is 5.75 Å². The average Bonchev–Trinajstić information content (AvgIpc) is 2.61. The van der Waals surface area contributed by atoms with E-state index in [1.165, 1.54) is 12.1 Å². The Morgan fingerprint density at radius 3 is 2.44 bits per heavy atom. The number of amides is 1. The third-order valence-electron chi connectivity index (χ3n) is 3.59. The lowest BCUT2D eigenvalue weighted by molar-refractivity contribution is -0.0498. The zero-order chi connectivity index (χ0) is 18.2. The molecule has 2 aromatic carbocycles. The minimum atomic E-state index is -2.86. The number of likely N-dealkylation sites (N-methyl/N-ethyl adjacent to an activating group) is 1. The molecular formula is C18H21F2N3O2. The number of halogens is 2. The number of alkyl halides is 2. The molecule has 2 rings (SSSR count). The second kappa shape index (κ2) is 8.98. The number of hydrogen-bond donors (Lipinski definition) is 3. The van der Waals surface area contributed by atoms with Gasteiger partial charge in [-0.15, -0.1) is 0 Å². The molecule has 2 aromatic rings. The van der Waals surface area contributed by atoms with Gasteiger partial charge in [-0.1, -0.05) is 12.1 Å². The molecule has 0 saturated carbocycles. The second-order valence-electron chi connectivity index (χ2n) is 5.47. The molecule has 0 bridgehead atoms. The molecule has 134 valence electrons. The van der Waals surface area contributed by atoms with E-state index < -0.39 is 6.61 Å². The first-order chi connectivity index (χ1) is 12.0. The van der Waals surface area contributed by atoms with Gasteiger partial charge in [0, 0.05) is 18.3 Å². The van der Waals surface area contributed by atoms with Gasteiger partial charge < -0.3 is 20.7 Å². The first-order valence-electron chi connectivity index (χ1n) is 7.86. The molecule has 25 heavy (non-hydrogen) atoms. The van der Waals surface area contributed by atoms with Crippen molar-refractivity contribution in [3.05, 3.63) is 54.1 Å². The van der Waals surface area contributed by atoms with Gasteiger partial charge in [-0.25, -0.2) is 0 Å². The van der Waals surface area contributed by atoms with Crippen molar-refractivity contribution < 1.29 is 18.3 Å². The molecule has 1 unspecified atom stereocenters. The van der Waals surface area contributed by atoms with Crippen LogP contribution in [0, 0.1) is 0 Å². The van der Waals surface area contributed by atoms with Gasteiger partial charge in [0.25, 0.3) is 5.91 Å². The van der Waals surface area contributed by atoms with Crippen molar-refractivity contribution in [2.75, 3.05) is 18.9 Å². The highest BCUT2D eigenvalue weighted by molar-refractivity contribution is 6.00. The van der Waals surface area contributed by atoms with Crippen molar-refractivity contribution in [2.24, 2.45) is 0 Å². The maximum atomic E-state index is 12.4. The summed E-state index contributed by atoms with van der Waals surface area (Å²) < 4.78 is 28.7.